The molecule has 148 valence electrons. The van der Waals surface area contributed by atoms with Crippen LogP contribution in [0, 0.1) is 0 Å². The molecule has 0 saturated carbocycles. The predicted molar refractivity (Wildman–Crippen MR) is 114 cm³/mol. The Bertz CT molecular complexity index is 1050. The number of ketones is 1. The van der Waals surface area contributed by atoms with Gasteiger partial charge < -0.3 is 15.0 Å². The van der Waals surface area contributed by atoms with Crippen LogP contribution in [0.3, 0.4) is 0 Å². The van der Waals surface area contributed by atoms with Crippen LogP contribution in [0.25, 0.3) is 17.0 Å². The molecule has 1 amide bonds. The fourth-order valence-electron chi connectivity index (χ4n) is 3.67. The molecule has 0 atom stereocenters. The zero-order chi connectivity index (χ0) is 20.1. The molecule has 0 saturated heterocycles. The summed E-state index contributed by atoms with van der Waals surface area (Å²) in [6.45, 7) is 0.784. The first-order valence-electron chi connectivity index (χ1n) is 9.99. The zero-order valence-corrected chi connectivity index (χ0v) is 16.2. The molecule has 0 spiro atoms. The van der Waals surface area contributed by atoms with Crippen molar-refractivity contribution < 1.29 is 14.3 Å². The Morgan fingerprint density at radius 1 is 1.14 bits per heavy atom. The molecular formula is C24H24N2O3. The van der Waals surface area contributed by atoms with Crippen molar-refractivity contribution in [3.8, 4) is 0 Å². The Morgan fingerprint density at radius 3 is 2.86 bits per heavy atom. The Labute approximate surface area is 169 Å². The molecule has 29 heavy (non-hydrogen) atoms. The topological polar surface area (TPSA) is 71.2 Å². The number of H-pyrrole nitrogens is 1. The SMILES string of the molecule is O=C(NCCC=Cc1ccc2[nH]c3c(c2c1)CCCC3=O)OCc1ccccc1. The first kappa shape index (κ1) is 19.0. The molecule has 1 aromatic heterocycles. The van der Waals surface area contributed by atoms with Gasteiger partial charge in [-0.1, -0.05) is 48.6 Å². The second-order valence-electron chi connectivity index (χ2n) is 7.24. The van der Waals surface area contributed by atoms with Gasteiger partial charge in [0.1, 0.15) is 6.61 Å². The molecule has 5 heteroatoms. The summed E-state index contributed by atoms with van der Waals surface area (Å²) in [7, 11) is 0. The Morgan fingerprint density at radius 2 is 2.00 bits per heavy atom. The molecule has 4 rings (SSSR count). The van der Waals surface area contributed by atoms with Crippen molar-refractivity contribution in [2.75, 3.05) is 6.54 Å². The van der Waals surface area contributed by atoms with Gasteiger partial charge in [-0.15, -0.1) is 0 Å². The van der Waals surface area contributed by atoms with Gasteiger partial charge >= 0.3 is 6.09 Å². The molecule has 1 aliphatic carbocycles. The lowest BCUT2D eigenvalue weighted by molar-refractivity contribution is 0.0968. The Kier molecular flexibility index (Phi) is 5.75. The second-order valence-corrected chi connectivity index (χ2v) is 7.24. The molecule has 2 aromatic carbocycles. The van der Waals surface area contributed by atoms with E-state index in [0.29, 0.717) is 19.4 Å². The van der Waals surface area contributed by atoms with Crippen molar-refractivity contribution in [3.63, 3.8) is 0 Å². The summed E-state index contributed by atoms with van der Waals surface area (Å²) in [6.07, 6.45) is 6.87. The number of aryl methyl sites for hydroxylation is 1. The summed E-state index contributed by atoms with van der Waals surface area (Å²) < 4.78 is 5.19. The van der Waals surface area contributed by atoms with E-state index < -0.39 is 6.09 Å². The number of rotatable bonds is 6. The zero-order valence-electron chi connectivity index (χ0n) is 16.2. The van der Waals surface area contributed by atoms with E-state index in [1.165, 1.54) is 0 Å². The van der Waals surface area contributed by atoms with E-state index in [2.05, 4.69) is 16.4 Å². The third-order valence-electron chi connectivity index (χ3n) is 5.14. The highest BCUT2D eigenvalue weighted by atomic mass is 16.5. The second kappa shape index (κ2) is 8.78. The van der Waals surface area contributed by atoms with Crippen molar-refractivity contribution in [1.29, 1.82) is 0 Å². The molecule has 0 fully saturated rings. The van der Waals surface area contributed by atoms with E-state index in [1.54, 1.807) is 0 Å². The minimum absolute atomic E-state index is 0.213. The number of fused-ring (bicyclic) bond motifs is 3. The molecular weight excluding hydrogens is 364 g/mol. The maximum absolute atomic E-state index is 12.1. The Balaban J connectivity index is 1.28. The minimum Gasteiger partial charge on any atom is -0.445 e. The number of aromatic nitrogens is 1. The van der Waals surface area contributed by atoms with Crippen LogP contribution < -0.4 is 5.32 Å². The normalized spacial score (nSPS) is 13.6. The van der Waals surface area contributed by atoms with Crippen molar-refractivity contribution in [2.45, 2.75) is 32.3 Å². The van der Waals surface area contributed by atoms with E-state index in [-0.39, 0.29) is 12.4 Å². The molecule has 0 aliphatic heterocycles. The first-order valence-corrected chi connectivity index (χ1v) is 9.99. The van der Waals surface area contributed by atoms with E-state index in [1.807, 2.05) is 54.6 Å². The number of carbonyl (C=O) groups is 2. The van der Waals surface area contributed by atoms with Crippen LogP contribution in [0.1, 0.15) is 46.4 Å². The number of ether oxygens (including phenoxy) is 1. The number of aromatic amines is 1. The maximum atomic E-state index is 12.1. The number of hydrogen-bond donors (Lipinski definition) is 2. The third-order valence-corrected chi connectivity index (χ3v) is 5.14. The number of amides is 1. The van der Waals surface area contributed by atoms with Crippen LogP contribution in [0.5, 0.6) is 0 Å². The van der Waals surface area contributed by atoms with Crippen LogP contribution in [0.4, 0.5) is 4.79 Å². The predicted octanol–water partition coefficient (Wildman–Crippen LogP) is 5.02. The third kappa shape index (κ3) is 4.57. The summed E-state index contributed by atoms with van der Waals surface area (Å²) in [5.74, 6) is 0.213. The lowest BCUT2D eigenvalue weighted by Crippen LogP contribution is -2.24. The van der Waals surface area contributed by atoms with Gasteiger partial charge in [0.25, 0.3) is 0 Å². The molecule has 1 heterocycles. The van der Waals surface area contributed by atoms with E-state index >= 15 is 0 Å². The molecule has 0 bridgehead atoms. The minimum atomic E-state index is -0.410. The average molecular weight is 388 g/mol. The summed E-state index contributed by atoms with van der Waals surface area (Å²) in [5.41, 5.74) is 5.00. The van der Waals surface area contributed by atoms with Crippen LogP contribution in [-0.2, 0) is 17.8 Å². The van der Waals surface area contributed by atoms with Gasteiger partial charge in [-0.25, -0.2) is 4.79 Å². The van der Waals surface area contributed by atoms with Crippen molar-refractivity contribution in [2.24, 2.45) is 0 Å². The highest BCUT2D eigenvalue weighted by molar-refractivity contribution is 6.03. The number of benzene rings is 2. The van der Waals surface area contributed by atoms with Gasteiger partial charge in [-0.05, 0) is 48.1 Å². The lowest BCUT2D eigenvalue weighted by Gasteiger charge is -2.09. The van der Waals surface area contributed by atoms with Gasteiger partial charge in [0.2, 0.25) is 0 Å². The van der Waals surface area contributed by atoms with Crippen LogP contribution in [0.15, 0.2) is 54.6 Å². The fourth-order valence-corrected chi connectivity index (χ4v) is 3.67. The Hall–Kier alpha value is -3.34. The first-order chi connectivity index (χ1) is 14.2. The van der Waals surface area contributed by atoms with Crippen molar-refractivity contribution >= 4 is 28.9 Å². The van der Waals surface area contributed by atoms with Gasteiger partial charge in [-0.3, -0.25) is 4.79 Å². The number of hydrogen-bond acceptors (Lipinski definition) is 3. The van der Waals surface area contributed by atoms with Gasteiger partial charge in [0.05, 0.1) is 5.69 Å². The highest BCUT2D eigenvalue weighted by Gasteiger charge is 2.21. The molecule has 5 nitrogen and oxygen atoms in total. The van der Waals surface area contributed by atoms with Gasteiger partial charge in [0.15, 0.2) is 5.78 Å². The van der Waals surface area contributed by atoms with Crippen LogP contribution >= 0.6 is 0 Å². The molecule has 0 unspecified atom stereocenters. The number of nitrogens with one attached hydrogen (secondary N) is 2. The number of Topliss-reactive ketones (excluding diaryl/α,β-unsaturated/α-hetero) is 1. The molecule has 1 aliphatic rings. The number of alkyl carbamates (subject to hydrolysis) is 1. The van der Waals surface area contributed by atoms with Gasteiger partial charge in [0, 0.05) is 23.9 Å². The molecule has 0 radical (unpaired) electrons. The van der Waals surface area contributed by atoms with Crippen LogP contribution in [-0.4, -0.2) is 23.4 Å². The molecule has 3 aromatic rings. The smallest absolute Gasteiger partial charge is 0.407 e. The summed E-state index contributed by atoms with van der Waals surface area (Å²) >= 11 is 0. The van der Waals surface area contributed by atoms with Crippen LogP contribution in [0.2, 0.25) is 0 Å². The van der Waals surface area contributed by atoms with Crippen molar-refractivity contribution in [1.82, 2.24) is 10.3 Å². The van der Waals surface area contributed by atoms with Crippen molar-refractivity contribution in [3.05, 3.63) is 77.0 Å². The number of carbonyl (C=O) groups excluding carboxylic acids is 2. The largest absolute Gasteiger partial charge is 0.445 e. The molecule has 2 N–H and O–H groups in total. The van der Waals surface area contributed by atoms with E-state index in [4.69, 9.17) is 4.74 Å². The van der Waals surface area contributed by atoms with E-state index in [9.17, 15) is 9.59 Å². The average Bonchev–Trinajstić information content (AvgIpc) is 3.12. The maximum Gasteiger partial charge on any atom is 0.407 e. The quantitative estimate of drug-likeness (QED) is 0.583. The summed E-state index contributed by atoms with van der Waals surface area (Å²) in [5, 5.41) is 3.89. The van der Waals surface area contributed by atoms with Gasteiger partial charge in [-0.2, -0.15) is 0 Å². The summed E-state index contributed by atoms with van der Waals surface area (Å²) in [4.78, 5) is 27.1. The lowest BCUT2D eigenvalue weighted by atomic mass is 9.94. The summed E-state index contributed by atoms with van der Waals surface area (Å²) in [6, 6.07) is 15.8. The fraction of sp³-hybridized carbons (Fsp3) is 0.250. The standard InChI is InChI=1S/C24H24N2O3/c27-22-11-6-10-19-20-15-17(12-13-21(20)26-23(19)22)7-4-5-14-25-24(28)29-16-18-8-2-1-3-9-18/h1-4,7-9,12-13,15,26H,5-6,10-11,14,16H2,(H,25,28). The monoisotopic (exact) mass is 388 g/mol. The van der Waals surface area contributed by atoms with E-state index in [0.717, 1.165) is 46.1 Å². The highest BCUT2D eigenvalue weighted by Crippen LogP contribution is 2.30.